The number of hydrogen-bond acceptors (Lipinski definition) is 2. The van der Waals surface area contributed by atoms with E-state index in [2.05, 4.69) is 74.1 Å². The van der Waals surface area contributed by atoms with E-state index >= 15 is 0 Å². The van der Waals surface area contributed by atoms with Crippen molar-refractivity contribution in [2.24, 2.45) is 0 Å². The van der Waals surface area contributed by atoms with E-state index in [1.54, 1.807) is 0 Å². The lowest BCUT2D eigenvalue weighted by Crippen LogP contribution is -2.16. The average Bonchev–Trinajstić information content (AvgIpc) is 2.90. The van der Waals surface area contributed by atoms with Gasteiger partial charge in [-0.2, -0.15) is 0 Å². The van der Waals surface area contributed by atoms with Gasteiger partial charge in [0.15, 0.2) is 0 Å². The van der Waals surface area contributed by atoms with Crippen molar-refractivity contribution in [2.75, 3.05) is 37.0 Å². The van der Waals surface area contributed by atoms with Gasteiger partial charge in [0, 0.05) is 38.6 Å². The summed E-state index contributed by atoms with van der Waals surface area (Å²) in [6, 6.07) is 13.8. The van der Waals surface area contributed by atoms with Gasteiger partial charge in [0.1, 0.15) is 0 Å². The van der Waals surface area contributed by atoms with Gasteiger partial charge in [-0.1, -0.05) is 12.1 Å². The van der Waals surface area contributed by atoms with Crippen molar-refractivity contribution in [3.8, 4) is 11.1 Å². The minimum absolute atomic E-state index is 1.03. The van der Waals surface area contributed by atoms with Crippen molar-refractivity contribution in [1.82, 2.24) is 0 Å². The topological polar surface area (TPSA) is 6.48 Å². The molecule has 0 atom stereocenters. The Kier molecular flexibility index (Phi) is 3.62. The van der Waals surface area contributed by atoms with Crippen molar-refractivity contribution in [3.05, 3.63) is 47.5 Å². The van der Waals surface area contributed by atoms with Crippen LogP contribution >= 0.6 is 0 Å². The first-order valence-electron chi connectivity index (χ1n) is 7.82. The van der Waals surface area contributed by atoms with E-state index in [1.165, 1.54) is 33.6 Å². The summed E-state index contributed by atoms with van der Waals surface area (Å²) in [6.45, 7) is 6.44. The zero-order valence-corrected chi connectivity index (χ0v) is 13.5. The maximum atomic E-state index is 2.35. The number of fused-ring (bicyclic) bond motifs is 3. The molecule has 0 aromatic heterocycles. The molecule has 110 valence electrons. The predicted octanol–water partition coefficient (Wildman–Crippen LogP) is 4.17. The molecule has 2 aromatic carbocycles. The van der Waals surface area contributed by atoms with Crippen LogP contribution in [0.4, 0.5) is 11.4 Å². The highest BCUT2D eigenvalue weighted by Crippen LogP contribution is 2.40. The first-order valence-corrected chi connectivity index (χ1v) is 7.82. The first kappa shape index (κ1) is 14.0. The predicted molar refractivity (Wildman–Crippen MR) is 92.6 cm³/mol. The second-order valence-corrected chi connectivity index (χ2v) is 5.89. The van der Waals surface area contributed by atoms with Gasteiger partial charge in [0.2, 0.25) is 0 Å². The minimum atomic E-state index is 1.03. The van der Waals surface area contributed by atoms with Gasteiger partial charge in [-0.15, -0.1) is 0 Å². The largest absolute Gasteiger partial charge is 0.375 e. The molecule has 21 heavy (non-hydrogen) atoms. The molecule has 0 unspecified atom stereocenters. The van der Waals surface area contributed by atoms with Crippen molar-refractivity contribution < 1.29 is 0 Å². The Bertz CT molecular complexity index is 603. The average molecular weight is 280 g/mol. The SMILES string of the molecule is CCN(C)c1ccc2c(c1)-c1cc(N(C)CC)ccc1C2. The van der Waals surface area contributed by atoms with Crippen molar-refractivity contribution in [1.29, 1.82) is 0 Å². The molecule has 0 spiro atoms. The van der Waals surface area contributed by atoms with Crippen molar-refractivity contribution in [2.45, 2.75) is 20.3 Å². The van der Waals surface area contributed by atoms with E-state index in [0.717, 1.165) is 19.5 Å². The fourth-order valence-corrected chi connectivity index (χ4v) is 2.98. The molecule has 0 heterocycles. The van der Waals surface area contributed by atoms with E-state index in [9.17, 15) is 0 Å². The highest BCUT2D eigenvalue weighted by atomic mass is 15.1. The molecule has 1 aliphatic rings. The summed E-state index contributed by atoms with van der Waals surface area (Å²) >= 11 is 0. The summed E-state index contributed by atoms with van der Waals surface area (Å²) in [5.41, 5.74) is 8.34. The summed E-state index contributed by atoms with van der Waals surface area (Å²) in [5.74, 6) is 0. The van der Waals surface area contributed by atoms with Crippen LogP contribution in [0.5, 0.6) is 0 Å². The molecule has 0 amide bonds. The van der Waals surface area contributed by atoms with Crippen LogP contribution in [0, 0.1) is 0 Å². The van der Waals surface area contributed by atoms with Crippen molar-refractivity contribution in [3.63, 3.8) is 0 Å². The maximum Gasteiger partial charge on any atom is 0.0369 e. The van der Waals surface area contributed by atoms with Crippen LogP contribution in [0.25, 0.3) is 11.1 Å². The molecule has 2 nitrogen and oxygen atoms in total. The second kappa shape index (κ2) is 5.44. The van der Waals surface area contributed by atoms with Crippen LogP contribution in [0.3, 0.4) is 0 Å². The molecular formula is C19H24N2. The highest BCUT2D eigenvalue weighted by molar-refractivity contribution is 5.82. The molecule has 3 rings (SSSR count). The Morgan fingerprint density at radius 2 is 1.19 bits per heavy atom. The smallest absolute Gasteiger partial charge is 0.0369 e. The number of rotatable bonds is 4. The van der Waals surface area contributed by atoms with Gasteiger partial charge in [-0.3, -0.25) is 0 Å². The molecule has 0 saturated heterocycles. The van der Waals surface area contributed by atoms with Crippen LogP contribution in [0.15, 0.2) is 36.4 Å². The fourth-order valence-electron chi connectivity index (χ4n) is 2.98. The standard InChI is InChI=1S/C19H24N2/c1-5-20(3)16-9-7-14-11-15-8-10-17(21(4)6-2)13-19(15)18(14)12-16/h7-10,12-13H,5-6,11H2,1-4H3. The van der Waals surface area contributed by atoms with E-state index < -0.39 is 0 Å². The van der Waals surface area contributed by atoms with Crippen LogP contribution in [-0.2, 0) is 6.42 Å². The molecule has 0 bridgehead atoms. The maximum absolute atomic E-state index is 2.35. The summed E-state index contributed by atoms with van der Waals surface area (Å²) < 4.78 is 0. The molecule has 0 radical (unpaired) electrons. The lowest BCUT2D eigenvalue weighted by molar-refractivity contribution is 0.967. The van der Waals surface area contributed by atoms with Gasteiger partial charge in [0.05, 0.1) is 0 Å². The Labute approximate surface area is 128 Å². The monoisotopic (exact) mass is 280 g/mol. The molecule has 2 heteroatoms. The molecule has 0 N–H and O–H groups in total. The number of anilines is 2. The van der Waals surface area contributed by atoms with Gasteiger partial charge < -0.3 is 9.80 Å². The molecule has 0 saturated carbocycles. The minimum Gasteiger partial charge on any atom is -0.375 e. The summed E-state index contributed by atoms with van der Waals surface area (Å²) in [7, 11) is 4.30. The van der Waals surface area contributed by atoms with Gasteiger partial charge in [-0.05, 0) is 66.8 Å². The van der Waals surface area contributed by atoms with E-state index in [4.69, 9.17) is 0 Å². The lowest BCUT2D eigenvalue weighted by Gasteiger charge is -2.19. The highest BCUT2D eigenvalue weighted by Gasteiger charge is 2.20. The third kappa shape index (κ3) is 2.39. The van der Waals surface area contributed by atoms with Gasteiger partial charge in [-0.25, -0.2) is 0 Å². The number of benzene rings is 2. The first-order chi connectivity index (χ1) is 10.1. The summed E-state index contributed by atoms with van der Waals surface area (Å²) in [4.78, 5) is 4.58. The Balaban J connectivity index is 2.06. The Hall–Kier alpha value is -1.96. The van der Waals surface area contributed by atoms with Crippen LogP contribution in [-0.4, -0.2) is 27.2 Å². The van der Waals surface area contributed by atoms with E-state index in [-0.39, 0.29) is 0 Å². The molecule has 1 aliphatic carbocycles. The van der Waals surface area contributed by atoms with Gasteiger partial charge >= 0.3 is 0 Å². The molecular weight excluding hydrogens is 256 g/mol. The fraction of sp³-hybridized carbons (Fsp3) is 0.368. The van der Waals surface area contributed by atoms with Crippen LogP contribution < -0.4 is 9.80 Å². The normalized spacial score (nSPS) is 12.0. The van der Waals surface area contributed by atoms with Crippen LogP contribution in [0.1, 0.15) is 25.0 Å². The quantitative estimate of drug-likeness (QED) is 0.707. The summed E-state index contributed by atoms with van der Waals surface area (Å²) in [5, 5.41) is 0. The van der Waals surface area contributed by atoms with E-state index in [0.29, 0.717) is 0 Å². The molecule has 2 aromatic rings. The van der Waals surface area contributed by atoms with Crippen molar-refractivity contribution >= 4 is 11.4 Å². The lowest BCUT2D eigenvalue weighted by atomic mass is 10.0. The molecule has 0 fully saturated rings. The van der Waals surface area contributed by atoms with Gasteiger partial charge in [0.25, 0.3) is 0 Å². The summed E-state index contributed by atoms with van der Waals surface area (Å²) in [6.07, 6.45) is 1.07. The number of nitrogens with zero attached hydrogens (tertiary/aromatic N) is 2. The zero-order valence-electron chi connectivity index (χ0n) is 13.5. The molecule has 0 aliphatic heterocycles. The van der Waals surface area contributed by atoms with E-state index in [1.807, 2.05) is 0 Å². The Morgan fingerprint density at radius 3 is 1.57 bits per heavy atom. The third-order valence-corrected chi connectivity index (χ3v) is 4.69. The Morgan fingerprint density at radius 1 is 0.762 bits per heavy atom. The van der Waals surface area contributed by atoms with Crippen LogP contribution in [0.2, 0.25) is 0 Å². The number of hydrogen-bond donors (Lipinski definition) is 0. The second-order valence-electron chi connectivity index (χ2n) is 5.89. The third-order valence-electron chi connectivity index (χ3n) is 4.69. The zero-order chi connectivity index (χ0) is 15.0.